The molecule has 0 aliphatic heterocycles. The Labute approximate surface area is 136 Å². The summed E-state index contributed by atoms with van der Waals surface area (Å²) < 4.78 is 19.0. The minimum atomic E-state index is -0.277. The van der Waals surface area contributed by atoms with Crippen LogP contribution in [0, 0.1) is 5.82 Å². The van der Waals surface area contributed by atoms with Gasteiger partial charge >= 0.3 is 6.01 Å². The van der Waals surface area contributed by atoms with Crippen molar-refractivity contribution >= 4 is 16.9 Å². The first-order valence-electron chi connectivity index (χ1n) is 7.48. The first kappa shape index (κ1) is 14.4. The lowest BCUT2D eigenvalue weighted by molar-refractivity contribution is 0.572. The van der Waals surface area contributed by atoms with Crippen LogP contribution in [-0.4, -0.2) is 20.4 Å². The van der Waals surface area contributed by atoms with Gasteiger partial charge in [-0.1, -0.05) is 17.2 Å². The average molecular weight is 323 g/mol. The van der Waals surface area contributed by atoms with Crippen molar-refractivity contribution in [3.63, 3.8) is 0 Å². The van der Waals surface area contributed by atoms with Crippen LogP contribution in [0.4, 0.5) is 10.4 Å². The number of aromatic nitrogens is 4. The third-order valence-corrected chi connectivity index (χ3v) is 3.80. The lowest BCUT2D eigenvalue weighted by atomic mass is 10.1. The third kappa shape index (κ3) is 2.71. The maximum Gasteiger partial charge on any atom is 0.316 e. The highest BCUT2D eigenvalue weighted by Crippen LogP contribution is 2.25. The van der Waals surface area contributed by atoms with E-state index in [1.165, 1.54) is 12.1 Å². The molecule has 2 aromatic heterocycles. The van der Waals surface area contributed by atoms with Crippen molar-refractivity contribution in [3.05, 3.63) is 60.0 Å². The molecule has 4 aromatic rings. The molecule has 0 saturated heterocycles. The number of anilines is 1. The Morgan fingerprint density at radius 2 is 2.08 bits per heavy atom. The number of hydrogen-bond donors (Lipinski definition) is 2. The number of hydrogen-bond acceptors (Lipinski definition) is 5. The van der Waals surface area contributed by atoms with Gasteiger partial charge in [0.15, 0.2) is 0 Å². The number of nitrogens with zero attached hydrogens (tertiary/aromatic N) is 3. The van der Waals surface area contributed by atoms with Crippen LogP contribution in [0.1, 0.15) is 18.5 Å². The van der Waals surface area contributed by atoms with Crippen LogP contribution in [-0.2, 0) is 0 Å². The molecular weight excluding hydrogens is 309 g/mol. The molecule has 1 atom stereocenters. The third-order valence-electron chi connectivity index (χ3n) is 3.80. The Bertz CT molecular complexity index is 993. The summed E-state index contributed by atoms with van der Waals surface area (Å²) >= 11 is 0. The van der Waals surface area contributed by atoms with E-state index in [4.69, 9.17) is 4.42 Å². The van der Waals surface area contributed by atoms with Crippen molar-refractivity contribution in [1.29, 1.82) is 0 Å². The zero-order chi connectivity index (χ0) is 16.5. The van der Waals surface area contributed by atoms with Crippen molar-refractivity contribution < 1.29 is 8.81 Å². The van der Waals surface area contributed by atoms with Gasteiger partial charge < -0.3 is 9.73 Å². The molecule has 0 spiro atoms. The van der Waals surface area contributed by atoms with Gasteiger partial charge in [0, 0.05) is 10.9 Å². The molecule has 0 aliphatic rings. The van der Waals surface area contributed by atoms with Gasteiger partial charge in [0.25, 0.3) is 0 Å². The predicted octanol–water partition coefficient (Wildman–Crippen LogP) is 3.93. The molecule has 2 N–H and O–H groups in total. The fourth-order valence-electron chi connectivity index (χ4n) is 2.52. The number of halogens is 1. The molecular formula is C17H14FN5O. The summed E-state index contributed by atoms with van der Waals surface area (Å²) in [5, 5.41) is 19.0. The summed E-state index contributed by atoms with van der Waals surface area (Å²) in [7, 11) is 0. The van der Waals surface area contributed by atoms with Gasteiger partial charge in [-0.15, -0.1) is 5.10 Å². The smallest absolute Gasteiger partial charge is 0.316 e. The van der Waals surface area contributed by atoms with E-state index >= 15 is 0 Å². The number of aromatic amines is 1. The Hall–Kier alpha value is -3.22. The fourth-order valence-corrected chi connectivity index (χ4v) is 2.52. The molecule has 2 aromatic carbocycles. The first-order valence-corrected chi connectivity index (χ1v) is 7.48. The lowest BCUT2D eigenvalue weighted by Gasteiger charge is -2.11. The van der Waals surface area contributed by atoms with Crippen LogP contribution in [0.3, 0.4) is 0 Å². The molecule has 6 nitrogen and oxygen atoms in total. The summed E-state index contributed by atoms with van der Waals surface area (Å²) in [5.74, 6) is 0.132. The highest BCUT2D eigenvalue weighted by atomic mass is 19.1. The van der Waals surface area contributed by atoms with E-state index in [2.05, 4.69) is 25.7 Å². The second-order valence-corrected chi connectivity index (χ2v) is 5.51. The molecule has 0 radical (unpaired) electrons. The topological polar surface area (TPSA) is 79.6 Å². The Balaban J connectivity index is 1.56. The molecule has 0 fully saturated rings. The molecule has 0 amide bonds. The van der Waals surface area contributed by atoms with Crippen LogP contribution in [0.2, 0.25) is 0 Å². The maximum atomic E-state index is 13.3. The van der Waals surface area contributed by atoms with Crippen molar-refractivity contribution in [2.45, 2.75) is 13.0 Å². The number of benzene rings is 2. The highest BCUT2D eigenvalue weighted by molar-refractivity contribution is 5.82. The normalized spacial score (nSPS) is 12.4. The molecule has 4 rings (SSSR count). The summed E-state index contributed by atoms with van der Waals surface area (Å²) in [6.45, 7) is 1.90. The Morgan fingerprint density at radius 1 is 1.17 bits per heavy atom. The number of nitrogens with one attached hydrogen (secondary N) is 2. The molecule has 24 heavy (non-hydrogen) atoms. The van der Waals surface area contributed by atoms with Gasteiger partial charge in [0.1, 0.15) is 5.82 Å². The van der Waals surface area contributed by atoms with Crippen molar-refractivity contribution in [1.82, 2.24) is 20.4 Å². The van der Waals surface area contributed by atoms with Crippen LogP contribution in [0.5, 0.6) is 0 Å². The van der Waals surface area contributed by atoms with E-state index < -0.39 is 0 Å². The first-order chi connectivity index (χ1) is 11.7. The fraction of sp³-hybridized carbons (Fsp3) is 0.118. The van der Waals surface area contributed by atoms with Gasteiger partial charge in [0.2, 0.25) is 5.89 Å². The number of fused-ring (bicyclic) bond motifs is 1. The van der Waals surface area contributed by atoms with Crippen molar-refractivity contribution in [2.24, 2.45) is 0 Å². The lowest BCUT2D eigenvalue weighted by Crippen LogP contribution is -2.07. The summed E-state index contributed by atoms with van der Waals surface area (Å²) in [6, 6.07) is 12.2. The van der Waals surface area contributed by atoms with Crippen LogP contribution >= 0.6 is 0 Å². The van der Waals surface area contributed by atoms with Gasteiger partial charge in [0.05, 0.1) is 17.8 Å². The molecule has 0 aliphatic carbocycles. The largest absolute Gasteiger partial charge is 0.403 e. The minimum Gasteiger partial charge on any atom is -0.403 e. The van der Waals surface area contributed by atoms with E-state index in [0.29, 0.717) is 5.89 Å². The predicted molar refractivity (Wildman–Crippen MR) is 87.8 cm³/mol. The summed E-state index contributed by atoms with van der Waals surface area (Å²) in [5.41, 5.74) is 2.55. The van der Waals surface area contributed by atoms with Gasteiger partial charge in [-0.05, 0) is 42.8 Å². The maximum absolute atomic E-state index is 13.3. The molecule has 120 valence electrons. The SMILES string of the molecule is C[C@H](Nc1nnc(-c2ccc3[nH]ncc3c2)o1)c1cccc(F)c1. The van der Waals surface area contributed by atoms with Gasteiger partial charge in [-0.3, -0.25) is 5.10 Å². The minimum absolute atomic E-state index is 0.162. The van der Waals surface area contributed by atoms with Gasteiger partial charge in [-0.2, -0.15) is 5.10 Å². The van der Waals surface area contributed by atoms with E-state index in [-0.39, 0.29) is 17.9 Å². The quantitative estimate of drug-likeness (QED) is 0.595. The van der Waals surface area contributed by atoms with E-state index in [1.54, 1.807) is 12.3 Å². The Kier molecular flexibility index (Phi) is 3.45. The van der Waals surface area contributed by atoms with Crippen LogP contribution in [0.15, 0.2) is 53.1 Å². The van der Waals surface area contributed by atoms with Crippen LogP contribution < -0.4 is 5.32 Å². The average Bonchev–Trinajstić information content (AvgIpc) is 3.23. The molecule has 7 heteroatoms. The second kappa shape index (κ2) is 5.77. The standard InChI is InChI=1S/C17H14FN5O/c1-10(11-3-2-4-14(18)8-11)20-17-23-22-16(24-17)12-5-6-15-13(7-12)9-19-21-15/h2-10H,1H3,(H,19,21)(H,20,23)/t10-/m0/s1. The zero-order valence-corrected chi connectivity index (χ0v) is 12.8. The van der Waals surface area contributed by atoms with E-state index in [1.807, 2.05) is 31.2 Å². The molecule has 0 unspecified atom stereocenters. The van der Waals surface area contributed by atoms with Crippen molar-refractivity contribution in [2.75, 3.05) is 5.32 Å². The zero-order valence-electron chi connectivity index (χ0n) is 12.8. The van der Waals surface area contributed by atoms with E-state index in [0.717, 1.165) is 22.0 Å². The monoisotopic (exact) mass is 323 g/mol. The summed E-state index contributed by atoms with van der Waals surface area (Å²) in [6.07, 6.45) is 1.74. The highest BCUT2D eigenvalue weighted by Gasteiger charge is 2.13. The number of H-pyrrole nitrogens is 1. The molecule has 2 heterocycles. The summed E-state index contributed by atoms with van der Waals surface area (Å²) in [4.78, 5) is 0. The molecule has 0 bridgehead atoms. The van der Waals surface area contributed by atoms with E-state index in [9.17, 15) is 4.39 Å². The number of rotatable bonds is 4. The Morgan fingerprint density at radius 3 is 2.96 bits per heavy atom. The van der Waals surface area contributed by atoms with Crippen LogP contribution in [0.25, 0.3) is 22.4 Å². The van der Waals surface area contributed by atoms with Crippen molar-refractivity contribution in [3.8, 4) is 11.5 Å². The molecule has 0 saturated carbocycles. The van der Waals surface area contributed by atoms with Gasteiger partial charge in [-0.25, -0.2) is 4.39 Å². The second-order valence-electron chi connectivity index (χ2n) is 5.51.